The summed E-state index contributed by atoms with van der Waals surface area (Å²) in [5, 5.41) is 4.26. The Balaban J connectivity index is 1.73. The summed E-state index contributed by atoms with van der Waals surface area (Å²) in [5.74, 6) is 1.29. The molecule has 0 saturated heterocycles. The van der Waals surface area contributed by atoms with Crippen molar-refractivity contribution in [2.75, 3.05) is 12.1 Å². The molecule has 2 aromatic rings. The minimum Gasteiger partial charge on any atom is -0.454 e. The zero-order chi connectivity index (χ0) is 13.2. The fraction of sp³-hybridized carbons (Fsp3) is 0.154. The number of hydrogen-bond donors (Lipinski definition) is 1. The van der Waals surface area contributed by atoms with E-state index in [9.17, 15) is 0 Å². The van der Waals surface area contributed by atoms with Gasteiger partial charge >= 0.3 is 0 Å². The zero-order valence-corrected chi connectivity index (χ0v) is 11.3. The first-order chi connectivity index (χ1) is 9.22. The maximum atomic E-state index is 6.11. The van der Waals surface area contributed by atoms with E-state index in [2.05, 4.69) is 10.3 Å². The van der Waals surface area contributed by atoms with Crippen LogP contribution in [0.15, 0.2) is 30.5 Å². The third-order valence-corrected chi connectivity index (χ3v) is 3.22. The van der Waals surface area contributed by atoms with Gasteiger partial charge in [0.1, 0.15) is 5.15 Å². The molecular weight excluding hydrogens is 287 g/mol. The fourth-order valence-corrected chi connectivity index (χ4v) is 2.21. The van der Waals surface area contributed by atoms with Gasteiger partial charge in [-0.3, -0.25) is 0 Å². The number of nitrogens with one attached hydrogen (secondary N) is 1. The quantitative estimate of drug-likeness (QED) is 0.877. The predicted octanol–water partition coefficient (Wildman–Crippen LogP) is 3.73. The van der Waals surface area contributed by atoms with Gasteiger partial charge in [0.15, 0.2) is 11.5 Å². The minimum absolute atomic E-state index is 0.215. The SMILES string of the molecule is Clc1ccc(NCc2cc(Cl)c3c(c2)OCO3)cn1. The topological polar surface area (TPSA) is 43.4 Å². The van der Waals surface area contributed by atoms with Crippen molar-refractivity contribution in [2.45, 2.75) is 6.54 Å². The number of pyridine rings is 1. The molecule has 1 aliphatic rings. The molecule has 2 heterocycles. The Bertz CT molecular complexity index is 602. The average molecular weight is 297 g/mol. The Morgan fingerprint density at radius 1 is 1.21 bits per heavy atom. The van der Waals surface area contributed by atoms with E-state index in [-0.39, 0.29) is 6.79 Å². The van der Waals surface area contributed by atoms with Gasteiger partial charge in [0.05, 0.1) is 16.9 Å². The second kappa shape index (κ2) is 5.15. The Kier molecular flexibility index (Phi) is 3.36. The van der Waals surface area contributed by atoms with Crippen LogP contribution in [0.1, 0.15) is 5.56 Å². The highest BCUT2D eigenvalue weighted by atomic mass is 35.5. The van der Waals surface area contributed by atoms with Gasteiger partial charge in [-0.2, -0.15) is 0 Å². The highest BCUT2D eigenvalue weighted by Crippen LogP contribution is 2.39. The Morgan fingerprint density at radius 3 is 2.89 bits per heavy atom. The van der Waals surface area contributed by atoms with Crippen LogP contribution < -0.4 is 14.8 Å². The van der Waals surface area contributed by atoms with Crippen LogP contribution in [0.3, 0.4) is 0 Å². The maximum absolute atomic E-state index is 6.11. The number of halogens is 2. The van der Waals surface area contributed by atoms with E-state index in [1.807, 2.05) is 18.2 Å². The van der Waals surface area contributed by atoms with E-state index < -0.39 is 0 Å². The second-order valence-corrected chi connectivity index (χ2v) is 4.83. The molecule has 1 aromatic carbocycles. The maximum Gasteiger partial charge on any atom is 0.231 e. The van der Waals surface area contributed by atoms with E-state index in [1.165, 1.54) is 0 Å². The average Bonchev–Trinajstić information content (AvgIpc) is 2.87. The van der Waals surface area contributed by atoms with Crippen molar-refractivity contribution in [2.24, 2.45) is 0 Å². The van der Waals surface area contributed by atoms with Gasteiger partial charge in [-0.1, -0.05) is 23.2 Å². The normalized spacial score (nSPS) is 12.5. The molecule has 1 N–H and O–H groups in total. The van der Waals surface area contributed by atoms with Crippen LogP contribution in [-0.4, -0.2) is 11.8 Å². The molecule has 0 fully saturated rings. The Hall–Kier alpha value is -1.65. The van der Waals surface area contributed by atoms with Crippen molar-refractivity contribution in [1.29, 1.82) is 0 Å². The molecule has 6 heteroatoms. The number of benzene rings is 1. The number of hydrogen-bond acceptors (Lipinski definition) is 4. The number of ether oxygens (including phenoxy) is 2. The molecule has 1 aromatic heterocycles. The molecule has 0 aliphatic carbocycles. The number of nitrogens with zero attached hydrogens (tertiary/aromatic N) is 1. The van der Waals surface area contributed by atoms with Gasteiger partial charge in [0, 0.05) is 6.54 Å². The zero-order valence-electron chi connectivity index (χ0n) is 9.82. The summed E-state index contributed by atoms with van der Waals surface area (Å²) in [7, 11) is 0. The third-order valence-electron chi connectivity index (χ3n) is 2.71. The van der Waals surface area contributed by atoms with E-state index in [0.29, 0.717) is 28.2 Å². The van der Waals surface area contributed by atoms with Crippen molar-refractivity contribution >= 4 is 28.9 Å². The first-order valence-electron chi connectivity index (χ1n) is 5.66. The Morgan fingerprint density at radius 2 is 2.11 bits per heavy atom. The summed E-state index contributed by atoms with van der Waals surface area (Å²) < 4.78 is 10.6. The van der Waals surface area contributed by atoms with Crippen LogP contribution in [0.25, 0.3) is 0 Å². The van der Waals surface area contributed by atoms with Crippen molar-refractivity contribution in [1.82, 2.24) is 4.98 Å². The minimum atomic E-state index is 0.215. The fourth-order valence-electron chi connectivity index (χ4n) is 1.81. The van der Waals surface area contributed by atoms with Gasteiger partial charge in [0.2, 0.25) is 6.79 Å². The van der Waals surface area contributed by atoms with E-state index in [0.717, 1.165) is 11.3 Å². The lowest BCUT2D eigenvalue weighted by Crippen LogP contribution is -1.99. The van der Waals surface area contributed by atoms with Crippen LogP contribution in [0.4, 0.5) is 5.69 Å². The molecule has 0 amide bonds. The molecule has 4 nitrogen and oxygen atoms in total. The number of rotatable bonds is 3. The molecule has 3 rings (SSSR count). The van der Waals surface area contributed by atoms with Gasteiger partial charge in [-0.15, -0.1) is 0 Å². The van der Waals surface area contributed by atoms with Crippen LogP contribution >= 0.6 is 23.2 Å². The molecule has 0 bridgehead atoms. The summed E-state index contributed by atoms with van der Waals surface area (Å²) in [6.07, 6.45) is 1.68. The molecule has 19 heavy (non-hydrogen) atoms. The molecule has 1 aliphatic heterocycles. The number of fused-ring (bicyclic) bond motifs is 1. The first-order valence-corrected chi connectivity index (χ1v) is 6.41. The molecular formula is C13H10Cl2N2O2. The molecule has 0 unspecified atom stereocenters. The highest BCUT2D eigenvalue weighted by Gasteiger charge is 2.18. The van der Waals surface area contributed by atoms with Gasteiger partial charge in [0.25, 0.3) is 0 Å². The smallest absolute Gasteiger partial charge is 0.231 e. The number of aromatic nitrogens is 1. The van der Waals surface area contributed by atoms with Crippen molar-refractivity contribution in [3.8, 4) is 11.5 Å². The molecule has 0 spiro atoms. The predicted molar refractivity (Wildman–Crippen MR) is 74.1 cm³/mol. The lowest BCUT2D eigenvalue weighted by molar-refractivity contribution is 0.174. The summed E-state index contributed by atoms with van der Waals surface area (Å²) in [6, 6.07) is 7.36. The third kappa shape index (κ3) is 2.69. The van der Waals surface area contributed by atoms with Crippen LogP contribution in [-0.2, 0) is 6.54 Å². The van der Waals surface area contributed by atoms with Crippen molar-refractivity contribution in [3.63, 3.8) is 0 Å². The second-order valence-electron chi connectivity index (χ2n) is 4.03. The van der Waals surface area contributed by atoms with Crippen LogP contribution in [0.5, 0.6) is 11.5 Å². The van der Waals surface area contributed by atoms with Crippen molar-refractivity contribution < 1.29 is 9.47 Å². The largest absolute Gasteiger partial charge is 0.454 e. The molecule has 0 radical (unpaired) electrons. The van der Waals surface area contributed by atoms with E-state index in [4.69, 9.17) is 32.7 Å². The number of anilines is 1. The highest BCUT2D eigenvalue weighted by molar-refractivity contribution is 6.32. The first kappa shape index (κ1) is 12.4. The lowest BCUT2D eigenvalue weighted by Gasteiger charge is -2.08. The monoisotopic (exact) mass is 296 g/mol. The summed E-state index contributed by atoms with van der Waals surface area (Å²) >= 11 is 11.8. The summed E-state index contributed by atoms with van der Waals surface area (Å²) in [6.45, 7) is 0.826. The molecule has 98 valence electrons. The van der Waals surface area contributed by atoms with Crippen molar-refractivity contribution in [3.05, 3.63) is 46.2 Å². The van der Waals surface area contributed by atoms with Crippen LogP contribution in [0.2, 0.25) is 10.2 Å². The summed E-state index contributed by atoms with van der Waals surface area (Å²) in [5.41, 5.74) is 1.89. The van der Waals surface area contributed by atoms with E-state index >= 15 is 0 Å². The van der Waals surface area contributed by atoms with Gasteiger partial charge in [-0.25, -0.2) is 4.98 Å². The summed E-state index contributed by atoms with van der Waals surface area (Å²) in [4.78, 5) is 4.00. The van der Waals surface area contributed by atoms with E-state index in [1.54, 1.807) is 12.3 Å². The van der Waals surface area contributed by atoms with Crippen LogP contribution in [0, 0.1) is 0 Å². The molecule has 0 atom stereocenters. The van der Waals surface area contributed by atoms with Gasteiger partial charge in [-0.05, 0) is 29.8 Å². The lowest BCUT2D eigenvalue weighted by atomic mass is 10.2. The molecule has 0 saturated carbocycles. The standard InChI is InChI=1S/C13H10Cl2N2O2/c14-10-3-8(4-11-13(10)19-7-18-11)5-16-9-1-2-12(15)17-6-9/h1-4,6,16H,5,7H2. The Labute approximate surface area is 120 Å². The van der Waals surface area contributed by atoms with Gasteiger partial charge < -0.3 is 14.8 Å².